The second-order valence-electron chi connectivity index (χ2n) is 5.08. The van der Waals surface area contributed by atoms with Crippen molar-refractivity contribution < 1.29 is 23.4 Å². The molecule has 1 aromatic heterocycles. The van der Waals surface area contributed by atoms with Crippen LogP contribution in [0.5, 0.6) is 0 Å². The van der Waals surface area contributed by atoms with Gasteiger partial charge in [0.05, 0.1) is 12.7 Å². The highest BCUT2D eigenvalue weighted by Crippen LogP contribution is 2.25. The number of carbonyl (C=O) groups is 1. The molecule has 1 atom stereocenters. The molecule has 0 aromatic carbocycles. The molecule has 5 nitrogen and oxygen atoms in total. The van der Waals surface area contributed by atoms with Crippen molar-refractivity contribution >= 4 is 5.91 Å². The molecule has 0 aliphatic heterocycles. The Bertz CT molecular complexity index is 441. The number of alkyl halides is 2. The van der Waals surface area contributed by atoms with Crippen molar-refractivity contribution in [2.75, 3.05) is 19.8 Å². The molecule has 1 amide bonds. The Labute approximate surface area is 122 Å². The van der Waals surface area contributed by atoms with Crippen LogP contribution in [0.2, 0.25) is 0 Å². The van der Waals surface area contributed by atoms with Crippen molar-refractivity contribution in [2.45, 2.75) is 25.9 Å². The molecule has 1 heterocycles. The maximum Gasteiger partial charge on any atom is 0.366 e. The zero-order chi connectivity index (χ0) is 15.9. The number of amides is 1. The molecule has 21 heavy (non-hydrogen) atoms. The summed E-state index contributed by atoms with van der Waals surface area (Å²) in [5.41, 5.74) is -0.631. The number of aliphatic hydroxyl groups is 1. The van der Waals surface area contributed by atoms with Gasteiger partial charge in [-0.2, -0.15) is 8.78 Å². The fourth-order valence-electron chi connectivity index (χ4n) is 1.49. The Balaban J connectivity index is 2.42. The Morgan fingerprint density at radius 1 is 1.43 bits per heavy atom. The summed E-state index contributed by atoms with van der Waals surface area (Å²) in [5.74, 6) is -4.93. The standard InChI is InChI=1S/C14H20F2N2O3/c1-10(2)8-21-9-11(19)7-18-13(20)14(15,16)12-5-3-4-6-17-12/h3-6,10-11,19H,7-9H2,1-2H3,(H,18,20). The van der Waals surface area contributed by atoms with E-state index in [1.807, 2.05) is 19.2 Å². The van der Waals surface area contributed by atoms with E-state index in [2.05, 4.69) is 4.98 Å². The van der Waals surface area contributed by atoms with Gasteiger partial charge in [-0.15, -0.1) is 0 Å². The highest BCUT2D eigenvalue weighted by atomic mass is 19.3. The highest BCUT2D eigenvalue weighted by Gasteiger charge is 2.42. The van der Waals surface area contributed by atoms with E-state index >= 15 is 0 Å². The Morgan fingerprint density at radius 2 is 2.14 bits per heavy atom. The van der Waals surface area contributed by atoms with Gasteiger partial charge in [0.25, 0.3) is 5.91 Å². The fraction of sp³-hybridized carbons (Fsp3) is 0.571. The first-order valence-electron chi connectivity index (χ1n) is 6.67. The summed E-state index contributed by atoms with van der Waals surface area (Å²) >= 11 is 0. The molecule has 0 saturated carbocycles. The molecule has 0 aliphatic carbocycles. The number of hydrogen-bond acceptors (Lipinski definition) is 4. The third-order valence-corrected chi connectivity index (χ3v) is 2.53. The van der Waals surface area contributed by atoms with Crippen molar-refractivity contribution in [2.24, 2.45) is 5.92 Å². The molecule has 1 rings (SSSR count). The minimum absolute atomic E-state index is 0.0202. The van der Waals surface area contributed by atoms with Crippen LogP contribution in [-0.4, -0.2) is 41.9 Å². The molecule has 0 saturated heterocycles. The van der Waals surface area contributed by atoms with Gasteiger partial charge in [0.2, 0.25) is 0 Å². The quantitative estimate of drug-likeness (QED) is 0.760. The van der Waals surface area contributed by atoms with Crippen molar-refractivity contribution in [3.8, 4) is 0 Å². The summed E-state index contributed by atoms with van der Waals surface area (Å²) in [7, 11) is 0. The lowest BCUT2D eigenvalue weighted by atomic mass is 10.2. The zero-order valence-electron chi connectivity index (χ0n) is 12.1. The van der Waals surface area contributed by atoms with E-state index in [1.165, 1.54) is 18.3 Å². The van der Waals surface area contributed by atoms with Gasteiger partial charge in [-0.05, 0) is 18.1 Å². The van der Waals surface area contributed by atoms with Gasteiger partial charge in [0.15, 0.2) is 0 Å². The molecule has 0 spiro atoms. The summed E-state index contributed by atoms with van der Waals surface area (Å²) in [5, 5.41) is 11.5. The Morgan fingerprint density at radius 3 is 2.71 bits per heavy atom. The number of ether oxygens (including phenoxy) is 1. The Hall–Kier alpha value is -1.60. The van der Waals surface area contributed by atoms with Gasteiger partial charge in [-0.1, -0.05) is 19.9 Å². The van der Waals surface area contributed by atoms with Crippen LogP contribution in [0.1, 0.15) is 19.5 Å². The number of hydrogen-bond donors (Lipinski definition) is 2. The summed E-state index contributed by atoms with van der Waals surface area (Å²) in [6.07, 6.45) is 0.151. The van der Waals surface area contributed by atoms with Crippen LogP contribution in [0, 0.1) is 5.92 Å². The molecule has 2 N–H and O–H groups in total. The second kappa shape index (κ2) is 7.99. The van der Waals surface area contributed by atoms with Gasteiger partial charge in [0.1, 0.15) is 5.69 Å². The summed E-state index contributed by atoms with van der Waals surface area (Å²) in [6.45, 7) is 4.02. The molecule has 1 unspecified atom stereocenters. The van der Waals surface area contributed by atoms with E-state index in [-0.39, 0.29) is 13.2 Å². The van der Waals surface area contributed by atoms with Gasteiger partial charge < -0.3 is 15.2 Å². The van der Waals surface area contributed by atoms with Crippen molar-refractivity contribution in [1.29, 1.82) is 0 Å². The number of rotatable bonds is 8. The number of halogens is 2. The molecule has 7 heteroatoms. The number of carbonyl (C=O) groups excluding carboxylic acids is 1. The normalized spacial score (nSPS) is 13.2. The maximum atomic E-state index is 13.8. The van der Waals surface area contributed by atoms with Gasteiger partial charge >= 0.3 is 5.92 Å². The van der Waals surface area contributed by atoms with Crippen LogP contribution in [0.25, 0.3) is 0 Å². The van der Waals surface area contributed by atoms with E-state index in [9.17, 15) is 18.7 Å². The van der Waals surface area contributed by atoms with Crippen LogP contribution in [0.15, 0.2) is 24.4 Å². The van der Waals surface area contributed by atoms with Crippen LogP contribution < -0.4 is 5.32 Å². The maximum absolute atomic E-state index is 13.8. The van der Waals surface area contributed by atoms with Crippen molar-refractivity contribution in [3.63, 3.8) is 0 Å². The molecule has 1 aromatic rings. The lowest BCUT2D eigenvalue weighted by Crippen LogP contribution is -2.43. The monoisotopic (exact) mass is 302 g/mol. The first kappa shape index (κ1) is 17.5. The molecule has 118 valence electrons. The fourth-order valence-corrected chi connectivity index (χ4v) is 1.49. The number of pyridine rings is 1. The van der Waals surface area contributed by atoms with Crippen molar-refractivity contribution in [3.05, 3.63) is 30.1 Å². The third-order valence-electron chi connectivity index (χ3n) is 2.53. The predicted octanol–water partition coefficient (Wildman–Crippen LogP) is 1.32. The third kappa shape index (κ3) is 5.73. The minimum Gasteiger partial charge on any atom is -0.389 e. The number of nitrogens with one attached hydrogen (secondary N) is 1. The Kier molecular flexibility index (Phi) is 6.64. The highest BCUT2D eigenvalue weighted by molar-refractivity contribution is 5.84. The second-order valence-corrected chi connectivity index (χ2v) is 5.08. The van der Waals surface area contributed by atoms with Gasteiger partial charge in [0, 0.05) is 19.3 Å². The lowest BCUT2D eigenvalue weighted by molar-refractivity contribution is -0.148. The van der Waals surface area contributed by atoms with E-state index in [0.29, 0.717) is 12.5 Å². The lowest BCUT2D eigenvalue weighted by Gasteiger charge is -2.17. The number of aliphatic hydroxyl groups excluding tert-OH is 1. The molecule has 0 fully saturated rings. The van der Waals surface area contributed by atoms with Crippen LogP contribution in [0.4, 0.5) is 8.78 Å². The smallest absolute Gasteiger partial charge is 0.366 e. The number of nitrogens with zero attached hydrogens (tertiary/aromatic N) is 1. The SMILES string of the molecule is CC(C)COCC(O)CNC(=O)C(F)(F)c1ccccn1. The van der Waals surface area contributed by atoms with Crippen LogP contribution in [0.3, 0.4) is 0 Å². The van der Waals surface area contributed by atoms with E-state index in [4.69, 9.17) is 4.74 Å². The topological polar surface area (TPSA) is 71.5 Å². The van der Waals surface area contributed by atoms with Crippen LogP contribution in [-0.2, 0) is 15.5 Å². The van der Waals surface area contributed by atoms with Gasteiger partial charge in [-0.25, -0.2) is 0 Å². The average Bonchev–Trinajstić information content (AvgIpc) is 2.45. The first-order chi connectivity index (χ1) is 9.84. The van der Waals surface area contributed by atoms with Crippen molar-refractivity contribution in [1.82, 2.24) is 10.3 Å². The van der Waals surface area contributed by atoms with Gasteiger partial charge in [-0.3, -0.25) is 9.78 Å². The molecular weight excluding hydrogens is 282 g/mol. The molecule has 0 aliphatic rings. The van der Waals surface area contributed by atoms with E-state index < -0.39 is 23.6 Å². The predicted molar refractivity (Wildman–Crippen MR) is 72.8 cm³/mol. The summed E-state index contributed by atoms with van der Waals surface area (Å²) < 4.78 is 32.7. The van der Waals surface area contributed by atoms with E-state index in [0.717, 1.165) is 6.07 Å². The van der Waals surface area contributed by atoms with Crippen LogP contribution >= 0.6 is 0 Å². The molecule has 0 radical (unpaired) electrons. The number of aromatic nitrogens is 1. The van der Waals surface area contributed by atoms with E-state index in [1.54, 1.807) is 0 Å². The molecular formula is C14H20F2N2O3. The largest absolute Gasteiger partial charge is 0.389 e. The first-order valence-corrected chi connectivity index (χ1v) is 6.67. The summed E-state index contributed by atoms with van der Waals surface area (Å²) in [4.78, 5) is 15.0. The zero-order valence-corrected chi connectivity index (χ0v) is 12.1. The minimum atomic E-state index is -3.74. The average molecular weight is 302 g/mol. The summed E-state index contributed by atoms with van der Waals surface area (Å²) in [6, 6.07) is 3.92. The molecule has 0 bridgehead atoms.